The molecule has 1 aliphatic carbocycles. The van der Waals surface area contributed by atoms with Crippen molar-refractivity contribution in [2.45, 2.75) is 18.9 Å². The lowest BCUT2D eigenvalue weighted by molar-refractivity contribution is 0.370. The Bertz CT molecular complexity index is 652. The number of rotatable bonds is 2. The lowest BCUT2D eigenvalue weighted by Crippen LogP contribution is -2.05. The van der Waals surface area contributed by atoms with Crippen LogP contribution in [0.25, 0.3) is 0 Å². The molecule has 3 rings (SSSR count). The molecule has 2 aromatic carbocycles. The lowest BCUT2D eigenvalue weighted by atomic mass is 10.1. The maximum Gasteiger partial charge on any atom is 0.149 e. The van der Waals surface area contributed by atoms with Crippen molar-refractivity contribution in [2.24, 2.45) is 5.73 Å². The van der Waals surface area contributed by atoms with Gasteiger partial charge in [0.25, 0.3) is 0 Å². The van der Waals surface area contributed by atoms with E-state index in [1.165, 1.54) is 11.1 Å². The van der Waals surface area contributed by atoms with Gasteiger partial charge in [-0.3, -0.25) is 0 Å². The van der Waals surface area contributed by atoms with E-state index in [4.69, 9.17) is 10.5 Å². The van der Waals surface area contributed by atoms with E-state index >= 15 is 0 Å². The molecule has 100 valence electrons. The van der Waals surface area contributed by atoms with Gasteiger partial charge in [-0.1, -0.05) is 36.1 Å². The second kappa shape index (κ2) is 5.81. The van der Waals surface area contributed by atoms with Gasteiger partial charge in [0.05, 0.1) is 0 Å². The average molecular weight is 263 g/mol. The quantitative estimate of drug-likeness (QED) is 0.845. The zero-order valence-electron chi connectivity index (χ0n) is 11.3. The minimum Gasteiger partial charge on any atom is -0.481 e. The molecule has 0 radical (unpaired) electrons. The van der Waals surface area contributed by atoms with Crippen molar-refractivity contribution in [3.8, 4) is 17.6 Å². The van der Waals surface area contributed by atoms with Crippen molar-refractivity contribution >= 4 is 0 Å². The van der Waals surface area contributed by atoms with Gasteiger partial charge in [-0.25, -0.2) is 0 Å². The third-order valence-electron chi connectivity index (χ3n) is 3.56. The molecule has 1 atom stereocenters. The Hall–Kier alpha value is -2.24. The highest BCUT2D eigenvalue weighted by molar-refractivity contribution is 5.40. The fourth-order valence-electron chi connectivity index (χ4n) is 2.50. The van der Waals surface area contributed by atoms with Crippen LogP contribution in [-0.4, -0.2) is 6.61 Å². The van der Waals surface area contributed by atoms with Crippen molar-refractivity contribution in [1.29, 1.82) is 0 Å². The molecule has 0 amide bonds. The van der Waals surface area contributed by atoms with Gasteiger partial charge >= 0.3 is 0 Å². The summed E-state index contributed by atoms with van der Waals surface area (Å²) in [5.41, 5.74) is 9.60. The van der Waals surface area contributed by atoms with Gasteiger partial charge in [0, 0.05) is 11.6 Å². The molecular weight excluding hydrogens is 246 g/mol. The van der Waals surface area contributed by atoms with E-state index < -0.39 is 0 Å². The molecule has 0 bridgehead atoms. The first kappa shape index (κ1) is 12.8. The van der Waals surface area contributed by atoms with Crippen molar-refractivity contribution in [3.05, 3.63) is 65.2 Å². The SMILES string of the molecule is N[C@H]1CCc2cc(OCC#Cc3ccccc3)ccc21. The monoisotopic (exact) mass is 263 g/mol. The summed E-state index contributed by atoms with van der Waals surface area (Å²) in [6, 6.07) is 16.3. The third kappa shape index (κ3) is 2.84. The smallest absolute Gasteiger partial charge is 0.149 e. The lowest BCUT2D eigenvalue weighted by Gasteiger charge is -2.07. The number of hydrogen-bond acceptors (Lipinski definition) is 2. The van der Waals surface area contributed by atoms with Crippen molar-refractivity contribution < 1.29 is 4.74 Å². The second-order valence-corrected chi connectivity index (χ2v) is 4.96. The van der Waals surface area contributed by atoms with Gasteiger partial charge in [-0.2, -0.15) is 0 Å². The first-order valence-corrected chi connectivity index (χ1v) is 6.88. The van der Waals surface area contributed by atoms with E-state index in [9.17, 15) is 0 Å². The van der Waals surface area contributed by atoms with Crippen molar-refractivity contribution in [1.82, 2.24) is 0 Å². The molecule has 0 saturated carbocycles. The molecule has 0 spiro atoms. The number of ether oxygens (including phenoxy) is 1. The summed E-state index contributed by atoms with van der Waals surface area (Å²) < 4.78 is 5.67. The Balaban J connectivity index is 1.61. The highest BCUT2D eigenvalue weighted by Gasteiger charge is 2.18. The zero-order chi connectivity index (χ0) is 13.8. The van der Waals surface area contributed by atoms with Crippen molar-refractivity contribution in [3.63, 3.8) is 0 Å². The zero-order valence-corrected chi connectivity index (χ0v) is 11.3. The minimum atomic E-state index is 0.192. The van der Waals surface area contributed by atoms with Crippen LogP contribution in [0.2, 0.25) is 0 Å². The molecule has 0 aliphatic heterocycles. The highest BCUT2D eigenvalue weighted by atomic mass is 16.5. The minimum absolute atomic E-state index is 0.192. The Labute approximate surface area is 119 Å². The van der Waals surface area contributed by atoms with Gasteiger partial charge in [0.15, 0.2) is 0 Å². The van der Waals surface area contributed by atoms with Crippen LogP contribution in [0.4, 0.5) is 0 Å². The summed E-state index contributed by atoms with van der Waals surface area (Å²) in [4.78, 5) is 0. The Morgan fingerprint density at radius 1 is 1.15 bits per heavy atom. The third-order valence-corrected chi connectivity index (χ3v) is 3.56. The molecule has 0 heterocycles. The predicted molar refractivity (Wildman–Crippen MR) is 80.5 cm³/mol. The standard InChI is InChI=1S/C18H17NO/c19-18-11-8-15-13-16(9-10-17(15)18)20-12-4-7-14-5-2-1-3-6-14/h1-3,5-6,9-10,13,18H,8,11-12,19H2/t18-/m0/s1. The largest absolute Gasteiger partial charge is 0.481 e. The number of hydrogen-bond donors (Lipinski definition) is 1. The predicted octanol–water partition coefficient (Wildman–Crippen LogP) is 3.06. The topological polar surface area (TPSA) is 35.2 Å². The van der Waals surface area contributed by atoms with Crippen LogP contribution in [0.5, 0.6) is 5.75 Å². The first-order chi connectivity index (χ1) is 9.83. The molecule has 2 nitrogen and oxygen atoms in total. The summed E-state index contributed by atoms with van der Waals surface area (Å²) in [6.45, 7) is 0.403. The summed E-state index contributed by atoms with van der Waals surface area (Å²) in [6.07, 6.45) is 2.08. The normalized spacial score (nSPS) is 16.1. The number of nitrogens with two attached hydrogens (primary N) is 1. The molecule has 1 aliphatic rings. The fraction of sp³-hybridized carbons (Fsp3) is 0.222. The van der Waals surface area contributed by atoms with Crippen LogP contribution >= 0.6 is 0 Å². The number of fused-ring (bicyclic) bond motifs is 1. The Morgan fingerprint density at radius 2 is 2.00 bits per heavy atom. The van der Waals surface area contributed by atoms with Crippen LogP contribution in [0, 0.1) is 11.8 Å². The maximum absolute atomic E-state index is 6.02. The van der Waals surface area contributed by atoms with Gasteiger partial charge in [0.1, 0.15) is 12.4 Å². The van der Waals surface area contributed by atoms with Gasteiger partial charge in [0.2, 0.25) is 0 Å². The van der Waals surface area contributed by atoms with E-state index in [2.05, 4.69) is 24.0 Å². The Kier molecular flexibility index (Phi) is 3.71. The molecule has 2 N–H and O–H groups in total. The Morgan fingerprint density at radius 3 is 2.85 bits per heavy atom. The highest BCUT2D eigenvalue weighted by Crippen LogP contribution is 2.31. The molecular formula is C18H17NO. The molecule has 20 heavy (non-hydrogen) atoms. The number of aryl methyl sites for hydroxylation is 1. The van der Waals surface area contributed by atoms with Gasteiger partial charge in [-0.15, -0.1) is 0 Å². The summed E-state index contributed by atoms with van der Waals surface area (Å²) in [7, 11) is 0. The molecule has 0 fully saturated rings. The average Bonchev–Trinajstić information content (AvgIpc) is 2.86. The van der Waals surface area contributed by atoms with Crippen LogP contribution in [0.15, 0.2) is 48.5 Å². The van der Waals surface area contributed by atoms with E-state index in [0.29, 0.717) is 6.61 Å². The number of benzene rings is 2. The summed E-state index contributed by atoms with van der Waals surface area (Å²) >= 11 is 0. The van der Waals surface area contributed by atoms with Gasteiger partial charge < -0.3 is 10.5 Å². The van der Waals surface area contributed by atoms with Gasteiger partial charge in [-0.05, 0) is 48.2 Å². The van der Waals surface area contributed by atoms with Crippen LogP contribution < -0.4 is 10.5 Å². The van der Waals surface area contributed by atoms with E-state index in [-0.39, 0.29) is 6.04 Å². The maximum atomic E-state index is 6.02. The van der Waals surface area contributed by atoms with E-state index in [0.717, 1.165) is 24.2 Å². The van der Waals surface area contributed by atoms with E-state index in [1.807, 2.05) is 36.4 Å². The second-order valence-electron chi connectivity index (χ2n) is 4.96. The molecule has 2 heteroatoms. The molecule has 0 aromatic heterocycles. The summed E-state index contributed by atoms with van der Waals surface area (Å²) in [5.74, 6) is 6.98. The summed E-state index contributed by atoms with van der Waals surface area (Å²) in [5, 5.41) is 0. The fourth-order valence-corrected chi connectivity index (χ4v) is 2.50. The van der Waals surface area contributed by atoms with Crippen LogP contribution in [0.1, 0.15) is 29.2 Å². The molecule has 2 aromatic rings. The first-order valence-electron chi connectivity index (χ1n) is 6.88. The van der Waals surface area contributed by atoms with Crippen LogP contribution in [-0.2, 0) is 6.42 Å². The molecule has 0 unspecified atom stereocenters. The molecule has 0 saturated heterocycles. The van der Waals surface area contributed by atoms with E-state index in [1.54, 1.807) is 0 Å². The van der Waals surface area contributed by atoms with Crippen LogP contribution in [0.3, 0.4) is 0 Å². The van der Waals surface area contributed by atoms with Crippen molar-refractivity contribution in [2.75, 3.05) is 6.61 Å².